The normalized spacial score (nSPS) is 18.4. The van der Waals surface area contributed by atoms with Crippen LogP contribution in [0.3, 0.4) is 0 Å². The van der Waals surface area contributed by atoms with Gasteiger partial charge in [-0.05, 0) is 30.2 Å². The minimum absolute atomic E-state index is 0.104. The SMILES string of the molecule is CNC1=CC=CCC1c1ccc(F)c(C#N)c1. The van der Waals surface area contributed by atoms with Crippen LogP contribution in [0.1, 0.15) is 23.5 Å². The van der Waals surface area contributed by atoms with Crippen LogP contribution in [0.2, 0.25) is 0 Å². The number of benzene rings is 1. The molecule has 0 amide bonds. The number of allylic oxidation sites excluding steroid dienone is 4. The number of nitrogens with zero attached hydrogens (tertiary/aromatic N) is 1. The third-order valence-corrected chi connectivity index (χ3v) is 2.96. The molecular weight excluding hydrogens is 215 g/mol. The van der Waals surface area contributed by atoms with E-state index in [0.29, 0.717) is 0 Å². The van der Waals surface area contributed by atoms with E-state index in [-0.39, 0.29) is 11.5 Å². The van der Waals surface area contributed by atoms with E-state index in [1.165, 1.54) is 6.07 Å². The van der Waals surface area contributed by atoms with Crippen LogP contribution in [0.15, 0.2) is 42.1 Å². The monoisotopic (exact) mass is 228 g/mol. The molecule has 2 rings (SSSR count). The van der Waals surface area contributed by atoms with E-state index in [1.54, 1.807) is 12.1 Å². The van der Waals surface area contributed by atoms with Crippen LogP contribution < -0.4 is 5.32 Å². The standard InChI is InChI=1S/C14H13FN2/c1-17-14-5-3-2-4-12(14)10-6-7-13(15)11(8-10)9-16/h2-3,5-8,12,17H,4H2,1H3. The molecule has 0 radical (unpaired) electrons. The average molecular weight is 228 g/mol. The molecule has 3 heteroatoms. The minimum Gasteiger partial charge on any atom is -0.391 e. The molecule has 1 aliphatic carbocycles. The third-order valence-electron chi connectivity index (χ3n) is 2.96. The van der Waals surface area contributed by atoms with Gasteiger partial charge in [0, 0.05) is 18.7 Å². The molecule has 0 aliphatic heterocycles. The second kappa shape index (κ2) is 4.84. The van der Waals surface area contributed by atoms with E-state index in [1.807, 2.05) is 25.3 Å². The summed E-state index contributed by atoms with van der Waals surface area (Å²) in [7, 11) is 1.87. The summed E-state index contributed by atoms with van der Waals surface area (Å²) >= 11 is 0. The van der Waals surface area contributed by atoms with Crippen molar-refractivity contribution >= 4 is 0 Å². The number of nitrogens with one attached hydrogen (secondary N) is 1. The Balaban J connectivity index is 2.38. The van der Waals surface area contributed by atoms with Gasteiger partial charge in [-0.1, -0.05) is 18.2 Å². The largest absolute Gasteiger partial charge is 0.391 e. The van der Waals surface area contributed by atoms with Gasteiger partial charge in [0.1, 0.15) is 11.9 Å². The lowest BCUT2D eigenvalue weighted by Crippen LogP contribution is -2.16. The van der Waals surface area contributed by atoms with Crippen molar-refractivity contribution in [1.82, 2.24) is 5.32 Å². The first-order chi connectivity index (χ1) is 8.26. The first-order valence-electron chi connectivity index (χ1n) is 5.50. The fourth-order valence-corrected chi connectivity index (χ4v) is 2.05. The molecule has 17 heavy (non-hydrogen) atoms. The molecule has 0 saturated heterocycles. The zero-order valence-electron chi connectivity index (χ0n) is 9.57. The number of hydrogen-bond donors (Lipinski definition) is 1. The van der Waals surface area contributed by atoms with Crippen LogP contribution in [0.5, 0.6) is 0 Å². The number of likely N-dealkylation sites (N-methyl/N-ethyl adjacent to an activating group) is 1. The summed E-state index contributed by atoms with van der Waals surface area (Å²) in [4.78, 5) is 0. The lowest BCUT2D eigenvalue weighted by Gasteiger charge is -2.22. The molecule has 0 saturated carbocycles. The van der Waals surface area contributed by atoms with Crippen LogP contribution in [-0.4, -0.2) is 7.05 Å². The highest BCUT2D eigenvalue weighted by atomic mass is 19.1. The van der Waals surface area contributed by atoms with Gasteiger partial charge in [-0.2, -0.15) is 5.26 Å². The van der Waals surface area contributed by atoms with Gasteiger partial charge in [-0.3, -0.25) is 0 Å². The summed E-state index contributed by atoms with van der Waals surface area (Å²) in [6.07, 6.45) is 6.94. The lowest BCUT2D eigenvalue weighted by atomic mass is 9.88. The predicted molar refractivity (Wildman–Crippen MR) is 64.8 cm³/mol. The quantitative estimate of drug-likeness (QED) is 0.844. The fraction of sp³-hybridized carbons (Fsp3) is 0.214. The van der Waals surface area contributed by atoms with Gasteiger partial charge in [0.05, 0.1) is 5.56 Å². The Morgan fingerprint density at radius 3 is 3.00 bits per heavy atom. The minimum atomic E-state index is -0.461. The zero-order chi connectivity index (χ0) is 12.3. The molecule has 0 bridgehead atoms. The van der Waals surface area contributed by atoms with E-state index in [2.05, 4.69) is 11.4 Å². The Labute approximate surface area is 100 Å². The van der Waals surface area contributed by atoms with Crippen molar-refractivity contribution in [2.75, 3.05) is 7.05 Å². The van der Waals surface area contributed by atoms with Gasteiger partial charge in [0.15, 0.2) is 0 Å². The second-order valence-electron chi connectivity index (χ2n) is 3.94. The van der Waals surface area contributed by atoms with Crippen molar-refractivity contribution in [2.24, 2.45) is 0 Å². The molecular formula is C14H13FN2. The number of nitriles is 1. The van der Waals surface area contributed by atoms with Crippen molar-refractivity contribution in [2.45, 2.75) is 12.3 Å². The molecule has 1 atom stereocenters. The number of rotatable bonds is 2. The van der Waals surface area contributed by atoms with Gasteiger partial charge in [0.2, 0.25) is 0 Å². The fourth-order valence-electron chi connectivity index (χ4n) is 2.05. The lowest BCUT2D eigenvalue weighted by molar-refractivity contribution is 0.621. The Bertz CT molecular complexity index is 524. The summed E-state index contributed by atoms with van der Waals surface area (Å²) in [5.74, 6) is -0.282. The van der Waals surface area contributed by atoms with Crippen LogP contribution in [0, 0.1) is 17.1 Å². The second-order valence-corrected chi connectivity index (χ2v) is 3.94. The summed E-state index contributed by atoms with van der Waals surface area (Å²) in [6, 6.07) is 6.61. The summed E-state index contributed by atoms with van der Waals surface area (Å²) in [5.41, 5.74) is 2.16. The number of halogens is 1. The van der Waals surface area contributed by atoms with E-state index < -0.39 is 5.82 Å². The maximum atomic E-state index is 13.2. The third kappa shape index (κ3) is 2.21. The highest BCUT2D eigenvalue weighted by Crippen LogP contribution is 2.30. The molecule has 1 unspecified atom stereocenters. The van der Waals surface area contributed by atoms with Crippen molar-refractivity contribution in [3.63, 3.8) is 0 Å². The van der Waals surface area contributed by atoms with E-state index in [9.17, 15) is 4.39 Å². The number of hydrogen-bond acceptors (Lipinski definition) is 2. The average Bonchev–Trinajstić information content (AvgIpc) is 2.39. The molecule has 0 heterocycles. The molecule has 1 aromatic rings. The van der Waals surface area contributed by atoms with Crippen molar-refractivity contribution in [3.05, 3.63) is 59.1 Å². The van der Waals surface area contributed by atoms with Crippen molar-refractivity contribution in [1.29, 1.82) is 5.26 Å². The zero-order valence-corrected chi connectivity index (χ0v) is 9.57. The smallest absolute Gasteiger partial charge is 0.140 e. The Kier molecular flexibility index (Phi) is 3.24. The van der Waals surface area contributed by atoms with Gasteiger partial charge in [-0.15, -0.1) is 0 Å². The first kappa shape index (κ1) is 11.4. The maximum Gasteiger partial charge on any atom is 0.140 e. The molecule has 1 aromatic carbocycles. The first-order valence-corrected chi connectivity index (χ1v) is 5.50. The highest BCUT2D eigenvalue weighted by molar-refractivity contribution is 5.40. The van der Waals surface area contributed by atoms with E-state index in [0.717, 1.165) is 17.7 Å². The molecule has 0 spiro atoms. The van der Waals surface area contributed by atoms with Crippen LogP contribution in [0.25, 0.3) is 0 Å². The molecule has 1 aliphatic rings. The maximum absolute atomic E-state index is 13.2. The van der Waals surface area contributed by atoms with Gasteiger partial charge in [0.25, 0.3) is 0 Å². The van der Waals surface area contributed by atoms with E-state index in [4.69, 9.17) is 5.26 Å². The van der Waals surface area contributed by atoms with Crippen molar-refractivity contribution < 1.29 is 4.39 Å². The van der Waals surface area contributed by atoms with Crippen LogP contribution in [0.4, 0.5) is 4.39 Å². The summed E-state index contributed by atoms with van der Waals surface area (Å²) in [5, 5.41) is 12.0. The van der Waals surface area contributed by atoms with Crippen LogP contribution >= 0.6 is 0 Å². The molecule has 2 nitrogen and oxygen atoms in total. The van der Waals surface area contributed by atoms with Gasteiger partial charge in [-0.25, -0.2) is 4.39 Å². The Hall–Kier alpha value is -2.08. The topological polar surface area (TPSA) is 35.8 Å². The van der Waals surface area contributed by atoms with E-state index >= 15 is 0 Å². The molecule has 86 valence electrons. The van der Waals surface area contributed by atoms with Gasteiger partial charge >= 0.3 is 0 Å². The summed E-state index contributed by atoms with van der Waals surface area (Å²) < 4.78 is 13.2. The highest BCUT2D eigenvalue weighted by Gasteiger charge is 2.17. The molecule has 1 N–H and O–H groups in total. The molecule has 0 fully saturated rings. The predicted octanol–water partition coefficient (Wildman–Crippen LogP) is 2.84. The summed E-state index contributed by atoms with van der Waals surface area (Å²) in [6.45, 7) is 0. The molecule has 0 aromatic heterocycles. The Morgan fingerprint density at radius 1 is 1.47 bits per heavy atom. The van der Waals surface area contributed by atoms with Crippen molar-refractivity contribution in [3.8, 4) is 6.07 Å². The van der Waals surface area contributed by atoms with Gasteiger partial charge < -0.3 is 5.32 Å². The Morgan fingerprint density at radius 2 is 2.29 bits per heavy atom. The van der Waals surface area contributed by atoms with Crippen LogP contribution in [-0.2, 0) is 0 Å².